The van der Waals surface area contributed by atoms with Gasteiger partial charge in [-0.15, -0.1) is 0 Å². The first kappa shape index (κ1) is 9.77. The second-order valence-electron chi connectivity index (χ2n) is 3.44. The van der Waals surface area contributed by atoms with E-state index in [0.29, 0.717) is 0 Å². The van der Waals surface area contributed by atoms with Crippen molar-refractivity contribution in [1.29, 1.82) is 0 Å². The summed E-state index contributed by atoms with van der Waals surface area (Å²) >= 11 is 0. The first-order valence-electron chi connectivity index (χ1n) is 4.32. The van der Waals surface area contributed by atoms with E-state index in [-0.39, 0.29) is 11.8 Å². The van der Waals surface area contributed by atoms with Crippen molar-refractivity contribution in [3.63, 3.8) is 0 Å². The normalized spacial score (nSPS) is 10.5. The van der Waals surface area contributed by atoms with Crippen LogP contribution in [0.5, 0.6) is 0 Å². The third kappa shape index (κ3) is 2.31. The maximum atomic E-state index is 11.3. The summed E-state index contributed by atoms with van der Waals surface area (Å²) in [6, 6.07) is 1.85. The molecule has 1 N–H and O–H groups in total. The van der Waals surface area contributed by atoms with Gasteiger partial charge in [0.25, 0.3) is 0 Å². The lowest BCUT2D eigenvalue weighted by Gasteiger charge is -2.06. The lowest BCUT2D eigenvalue weighted by molar-refractivity contribution is -0.118. The minimum atomic E-state index is -0.00444. The molecule has 0 atom stereocenters. The summed E-state index contributed by atoms with van der Waals surface area (Å²) in [5, 5.41) is 6.92. The number of hydrogen-bond donors (Lipinski definition) is 1. The van der Waals surface area contributed by atoms with Crippen LogP contribution in [0.15, 0.2) is 6.07 Å². The minimum absolute atomic E-state index is 0.00444. The zero-order valence-electron chi connectivity index (χ0n) is 8.46. The average Bonchev–Trinajstić information content (AvgIpc) is 2.30. The van der Waals surface area contributed by atoms with E-state index in [2.05, 4.69) is 10.4 Å². The molecule has 0 fully saturated rings. The van der Waals surface area contributed by atoms with Gasteiger partial charge in [0, 0.05) is 19.0 Å². The largest absolute Gasteiger partial charge is 0.311 e. The number of hydrogen-bond acceptors (Lipinski definition) is 2. The minimum Gasteiger partial charge on any atom is -0.311 e. The zero-order valence-corrected chi connectivity index (χ0v) is 8.46. The Kier molecular flexibility index (Phi) is 2.70. The van der Waals surface area contributed by atoms with Gasteiger partial charge in [0.1, 0.15) is 5.82 Å². The topological polar surface area (TPSA) is 46.9 Å². The lowest BCUT2D eigenvalue weighted by Crippen LogP contribution is -2.19. The van der Waals surface area contributed by atoms with Crippen molar-refractivity contribution >= 4 is 11.7 Å². The van der Waals surface area contributed by atoms with Crippen LogP contribution in [0.3, 0.4) is 0 Å². The molecule has 0 aromatic carbocycles. The molecule has 1 aromatic heterocycles. The summed E-state index contributed by atoms with van der Waals surface area (Å²) in [4.78, 5) is 11.3. The molecule has 72 valence electrons. The number of rotatable bonds is 2. The molecule has 0 saturated heterocycles. The molecule has 1 heterocycles. The quantitative estimate of drug-likeness (QED) is 0.748. The highest BCUT2D eigenvalue weighted by Gasteiger charge is 2.09. The van der Waals surface area contributed by atoms with Crippen LogP contribution in [0.25, 0.3) is 0 Å². The highest BCUT2D eigenvalue weighted by Crippen LogP contribution is 2.09. The van der Waals surface area contributed by atoms with E-state index in [1.807, 2.05) is 33.9 Å². The van der Waals surface area contributed by atoms with Gasteiger partial charge in [-0.2, -0.15) is 5.10 Å². The Bertz CT molecular complexity index is 315. The molecule has 0 aliphatic rings. The van der Waals surface area contributed by atoms with Crippen molar-refractivity contribution < 1.29 is 4.79 Å². The zero-order chi connectivity index (χ0) is 10.0. The molecule has 1 aromatic rings. The summed E-state index contributed by atoms with van der Waals surface area (Å²) in [5.41, 5.74) is 0.904. The lowest BCUT2D eigenvalue weighted by atomic mass is 10.2. The van der Waals surface area contributed by atoms with Crippen molar-refractivity contribution in [2.45, 2.75) is 20.8 Å². The number of nitrogens with zero attached hydrogens (tertiary/aromatic N) is 2. The van der Waals surface area contributed by atoms with E-state index < -0.39 is 0 Å². The molecule has 4 heteroatoms. The van der Waals surface area contributed by atoms with Crippen LogP contribution in [0.2, 0.25) is 0 Å². The summed E-state index contributed by atoms with van der Waals surface area (Å²) in [5.74, 6) is 0.759. The van der Waals surface area contributed by atoms with Gasteiger partial charge in [0.2, 0.25) is 5.91 Å². The maximum Gasteiger partial charge on any atom is 0.228 e. The van der Waals surface area contributed by atoms with Gasteiger partial charge in [0.05, 0.1) is 5.69 Å². The Morgan fingerprint density at radius 1 is 1.62 bits per heavy atom. The molecule has 1 rings (SSSR count). The predicted octanol–water partition coefficient (Wildman–Crippen LogP) is 1.32. The van der Waals surface area contributed by atoms with E-state index in [1.54, 1.807) is 4.68 Å². The third-order valence-electron chi connectivity index (χ3n) is 1.78. The highest BCUT2D eigenvalue weighted by molar-refractivity contribution is 5.91. The molecule has 0 radical (unpaired) electrons. The second-order valence-corrected chi connectivity index (χ2v) is 3.44. The van der Waals surface area contributed by atoms with Crippen LogP contribution in [0, 0.1) is 12.8 Å². The number of aromatic nitrogens is 2. The second kappa shape index (κ2) is 3.60. The van der Waals surface area contributed by atoms with Crippen LogP contribution in [0.4, 0.5) is 5.82 Å². The van der Waals surface area contributed by atoms with E-state index in [0.717, 1.165) is 11.5 Å². The van der Waals surface area contributed by atoms with Gasteiger partial charge in [0.15, 0.2) is 0 Å². The Hall–Kier alpha value is -1.32. The molecule has 4 nitrogen and oxygen atoms in total. The molecule has 0 bridgehead atoms. The number of anilines is 1. The van der Waals surface area contributed by atoms with Gasteiger partial charge < -0.3 is 5.32 Å². The van der Waals surface area contributed by atoms with Crippen LogP contribution < -0.4 is 5.32 Å². The van der Waals surface area contributed by atoms with E-state index in [4.69, 9.17) is 0 Å². The summed E-state index contributed by atoms with van der Waals surface area (Å²) < 4.78 is 1.66. The molecular formula is C9H15N3O. The van der Waals surface area contributed by atoms with Crippen molar-refractivity contribution in [3.05, 3.63) is 11.8 Å². The Morgan fingerprint density at radius 3 is 2.62 bits per heavy atom. The van der Waals surface area contributed by atoms with Crippen molar-refractivity contribution in [1.82, 2.24) is 9.78 Å². The highest BCUT2D eigenvalue weighted by atomic mass is 16.1. The van der Waals surface area contributed by atoms with Gasteiger partial charge in [-0.3, -0.25) is 9.48 Å². The van der Waals surface area contributed by atoms with Gasteiger partial charge in [-0.1, -0.05) is 13.8 Å². The molecular weight excluding hydrogens is 166 g/mol. The fraction of sp³-hybridized carbons (Fsp3) is 0.556. The Morgan fingerprint density at radius 2 is 2.23 bits per heavy atom. The number of carbonyl (C=O) groups is 1. The summed E-state index contributed by atoms with van der Waals surface area (Å²) in [6.07, 6.45) is 0. The number of nitrogens with one attached hydrogen (secondary N) is 1. The van der Waals surface area contributed by atoms with Gasteiger partial charge in [-0.05, 0) is 6.92 Å². The molecule has 1 amide bonds. The summed E-state index contributed by atoms with van der Waals surface area (Å²) in [7, 11) is 1.81. The van der Waals surface area contributed by atoms with Crippen molar-refractivity contribution in [3.8, 4) is 0 Å². The van der Waals surface area contributed by atoms with Crippen molar-refractivity contribution in [2.24, 2.45) is 13.0 Å². The Balaban J connectivity index is 2.74. The number of amides is 1. The van der Waals surface area contributed by atoms with Crippen molar-refractivity contribution in [2.75, 3.05) is 5.32 Å². The molecule has 0 aliphatic heterocycles. The van der Waals surface area contributed by atoms with Crippen LogP contribution in [0.1, 0.15) is 19.5 Å². The molecule has 13 heavy (non-hydrogen) atoms. The maximum absolute atomic E-state index is 11.3. The van der Waals surface area contributed by atoms with Crippen LogP contribution in [-0.4, -0.2) is 15.7 Å². The predicted molar refractivity (Wildman–Crippen MR) is 51.4 cm³/mol. The fourth-order valence-corrected chi connectivity index (χ4v) is 0.998. The molecule has 0 saturated carbocycles. The van der Waals surface area contributed by atoms with Crippen LogP contribution in [-0.2, 0) is 11.8 Å². The standard InChI is InChI=1S/C9H15N3O/c1-6(2)9(13)10-8-5-7(3)11-12(8)4/h5-6H,1-4H3,(H,10,13). The van der Waals surface area contributed by atoms with Gasteiger partial charge in [-0.25, -0.2) is 0 Å². The molecule has 0 spiro atoms. The van der Waals surface area contributed by atoms with E-state index in [9.17, 15) is 4.79 Å². The first-order valence-corrected chi connectivity index (χ1v) is 4.32. The van der Waals surface area contributed by atoms with Gasteiger partial charge >= 0.3 is 0 Å². The van der Waals surface area contributed by atoms with Crippen LogP contribution >= 0.6 is 0 Å². The Labute approximate surface area is 77.9 Å². The van der Waals surface area contributed by atoms with E-state index >= 15 is 0 Å². The number of aryl methyl sites for hydroxylation is 2. The molecule has 0 unspecified atom stereocenters. The third-order valence-corrected chi connectivity index (χ3v) is 1.78. The first-order chi connectivity index (χ1) is 6.00. The SMILES string of the molecule is Cc1cc(NC(=O)C(C)C)n(C)n1. The monoisotopic (exact) mass is 181 g/mol. The fourth-order valence-electron chi connectivity index (χ4n) is 0.998. The molecule has 0 aliphatic carbocycles. The average molecular weight is 181 g/mol. The summed E-state index contributed by atoms with van der Waals surface area (Å²) in [6.45, 7) is 5.61. The smallest absolute Gasteiger partial charge is 0.228 e. The number of carbonyl (C=O) groups excluding carboxylic acids is 1. The van der Waals surface area contributed by atoms with E-state index in [1.165, 1.54) is 0 Å².